The molecular formula is C24H35FN4O6. The average Bonchev–Trinajstić information content (AvgIpc) is 2.84. The van der Waals surface area contributed by atoms with Crippen LogP contribution >= 0.6 is 0 Å². The van der Waals surface area contributed by atoms with Crippen LogP contribution in [0.1, 0.15) is 49.4 Å². The first-order valence-electron chi connectivity index (χ1n) is 12.0. The molecule has 4 N–H and O–H groups in total. The summed E-state index contributed by atoms with van der Waals surface area (Å²) in [5, 5.41) is 10.9. The lowest BCUT2D eigenvalue weighted by Crippen LogP contribution is -2.54. The van der Waals surface area contributed by atoms with Gasteiger partial charge in [0.2, 0.25) is 17.7 Å². The summed E-state index contributed by atoms with van der Waals surface area (Å²) in [5.74, 6) is -1.93. The van der Waals surface area contributed by atoms with E-state index in [2.05, 4.69) is 21.3 Å². The molecule has 0 aliphatic carbocycles. The number of ether oxygens (including phenoxy) is 2. The van der Waals surface area contributed by atoms with E-state index in [0.717, 1.165) is 0 Å². The minimum Gasteiger partial charge on any atom is -0.377 e. The van der Waals surface area contributed by atoms with Crippen molar-refractivity contribution in [2.75, 3.05) is 39.5 Å². The van der Waals surface area contributed by atoms with Crippen LogP contribution in [0.25, 0.3) is 0 Å². The third-order valence-electron chi connectivity index (χ3n) is 5.32. The van der Waals surface area contributed by atoms with Crippen LogP contribution in [0.3, 0.4) is 0 Å². The van der Waals surface area contributed by atoms with E-state index >= 15 is 0 Å². The van der Waals surface area contributed by atoms with Gasteiger partial charge in [0.25, 0.3) is 5.91 Å². The number of halogens is 1. The van der Waals surface area contributed by atoms with Gasteiger partial charge in [0.1, 0.15) is 24.5 Å². The Kier molecular flexibility index (Phi) is 12.7. The van der Waals surface area contributed by atoms with E-state index in [1.54, 1.807) is 0 Å². The molecule has 2 rings (SSSR count). The fraction of sp³-hybridized carbons (Fsp3) is 0.583. The van der Waals surface area contributed by atoms with Gasteiger partial charge in [0.05, 0.1) is 19.8 Å². The first-order valence-corrected chi connectivity index (χ1v) is 12.0. The molecule has 35 heavy (non-hydrogen) atoms. The fourth-order valence-corrected chi connectivity index (χ4v) is 3.47. The lowest BCUT2D eigenvalue weighted by atomic mass is 10.1. The van der Waals surface area contributed by atoms with Crippen molar-refractivity contribution in [2.45, 2.75) is 51.1 Å². The smallest absolute Gasteiger partial charge is 0.251 e. The molecule has 1 fully saturated rings. The molecule has 1 aromatic rings. The Morgan fingerprint density at radius 1 is 0.971 bits per heavy atom. The van der Waals surface area contributed by atoms with E-state index in [4.69, 9.17) is 9.47 Å². The Morgan fingerprint density at radius 3 is 2.43 bits per heavy atom. The molecule has 1 heterocycles. The minimum atomic E-state index is -0.854. The number of benzene rings is 1. The van der Waals surface area contributed by atoms with Crippen molar-refractivity contribution in [1.82, 2.24) is 21.3 Å². The van der Waals surface area contributed by atoms with Crippen LogP contribution in [0.2, 0.25) is 0 Å². The second-order valence-electron chi connectivity index (χ2n) is 8.18. The lowest BCUT2D eigenvalue weighted by Gasteiger charge is -2.23. The number of amides is 4. The van der Waals surface area contributed by atoms with E-state index in [9.17, 15) is 23.6 Å². The lowest BCUT2D eigenvalue weighted by molar-refractivity contribution is -0.133. The molecule has 10 nitrogen and oxygen atoms in total. The van der Waals surface area contributed by atoms with Crippen molar-refractivity contribution >= 4 is 23.6 Å². The van der Waals surface area contributed by atoms with Crippen LogP contribution in [0.15, 0.2) is 24.3 Å². The maximum atomic E-state index is 13.0. The second-order valence-corrected chi connectivity index (χ2v) is 8.18. The van der Waals surface area contributed by atoms with Gasteiger partial charge in [-0.3, -0.25) is 19.2 Å². The van der Waals surface area contributed by atoms with E-state index in [1.165, 1.54) is 24.3 Å². The Labute approximate surface area is 204 Å². The van der Waals surface area contributed by atoms with Gasteiger partial charge in [-0.2, -0.15) is 0 Å². The molecule has 0 saturated carbocycles. The molecule has 1 saturated heterocycles. The molecular weight excluding hydrogens is 459 g/mol. The summed E-state index contributed by atoms with van der Waals surface area (Å²) in [6.07, 6.45) is 2.54. The van der Waals surface area contributed by atoms with Crippen LogP contribution in [0.5, 0.6) is 0 Å². The number of hydrogen-bond acceptors (Lipinski definition) is 6. The first kappa shape index (κ1) is 28.2. The van der Waals surface area contributed by atoms with Gasteiger partial charge in [-0.05, 0) is 49.9 Å². The van der Waals surface area contributed by atoms with Gasteiger partial charge in [0, 0.05) is 18.7 Å². The zero-order chi connectivity index (χ0) is 25.5. The van der Waals surface area contributed by atoms with Crippen molar-refractivity contribution < 1.29 is 33.0 Å². The van der Waals surface area contributed by atoms with Gasteiger partial charge in [-0.1, -0.05) is 13.3 Å². The number of unbranched alkanes of at least 4 members (excludes halogenated alkanes) is 1. The highest BCUT2D eigenvalue weighted by Gasteiger charge is 2.26. The zero-order valence-corrected chi connectivity index (χ0v) is 20.1. The van der Waals surface area contributed by atoms with Crippen molar-refractivity contribution in [2.24, 2.45) is 0 Å². The maximum Gasteiger partial charge on any atom is 0.251 e. The largest absolute Gasteiger partial charge is 0.377 e. The van der Waals surface area contributed by atoms with Gasteiger partial charge >= 0.3 is 0 Å². The van der Waals surface area contributed by atoms with Crippen molar-refractivity contribution in [3.05, 3.63) is 35.6 Å². The van der Waals surface area contributed by atoms with E-state index < -0.39 is 29.7 Å². The van der Waals surface area contributed by atoms with Gasteiger partial charge in [0.15, 0.2) is 0 Å². The highest BCUT2D eigenvalue weighted by molar-refractivity contribution is 5.94. The highest BCUT2D eigenvalue weighted by Crippen LogP contribution is 2.06. The number of carbonyl (C=O) groups is 4. The second kappa shape index (κ2) is 15.8. The molecule has 11 heteroatoms. The van der Waals surface area contributed by atoms with E-state index in [1.807, 2.05) is 6.92 Å². The van der Waals surface area contributed by atoms with Crippen LogP contribution < -0.4 is 21.3 Å². The Morgan fingerprint density at radius 2 is 1.69 bits per heavy atom. The Hall–Kier alpha value is -3.05. The monoisotopic (exact) mass is 494 g/mol. The molecule has 0 aromatic heterocycles. The Bertz CT molecular complexity index is 836. The number of carbonyl (C=O) groups excluding carboxylic acids is 4. The summed E-state index contributed by atoms with van der Waals surface area (Å²) in [6, 6.07) is 3.66. The minimum absolute atomic E-state index is 0.212. The maximum absolute atomic E-state index is 13.0. The van der Waals surface area contributed by atoms with Crippen LogP contribution in [-0.2, 0) is 23.9 Å². The normalized spacial score (nSPS) is 20.6. The fourth-order valence-electron chi connectivity index (χ4n) is 3.47. The molecule has 4 amide bonds. The molecule has 0 radical (unpaired) electrons. The summed E-state index contributed by atoms with van der Waals surface area (Å²) in [4.78, 5) is 49.9. The van der Waals surface area contributed by atoms with E-state index in [0.29, 0.717) is 57.4 Å². The summed E-state index contributed by atoms with van der Waals surface area (Å²) in [6.45, 7) is 3.15. The summed E-state index contributed by atoms with van der Waals surface area (Å²) < 4.78 is 23.6. The summed E-state index contributed by atoms with van der Waals surface area (Å²) >= 11 is 0. The Balaban J connectivity index is 1.91. The van der Waals surface area contributed by atoms with Crippen molar-refractivity contribution in [3.63, 3.8) is 0 Å². The molecule has 2 atom stereocenters. The molecule has 194 valence electrons. The standard InChI is InChI=1S/C24H35FN4O6/c1-2-5-19-23(32)27-12-13-34-14-15-35-16-21(30)28-20(24(33)29-19)6-3-4-11-26-22(31)17-7-9-18(25)10-8-17/h7-10,19-20H,2-6,11-16H2,1H3,(H,26,31)(H,27,32)(H,28,30)(H,29,33)/t19-,20+/m1/s1. The molecule has 0 bridgehead atoms. The van der Waals surface area contributed by atoms with Crippen LogP contribution in [0.4, 0.5) is 4.39 Å². The highest BCUT2D eigenvalue weighted by atomic mass is 19.1. The topological polar surface area (TPSA) is 135 Å². The number of hydrogen-bond donors (Lipinski definition) is 4. The summed E-state index contributed by atoms with van der Waals surface area (Å²) in [7, 11) is 0. The van der Waals surface area contributed by atoms with Gasteiger partial charge in [-0.15, -0.1) is 0 Å². The van der Waals surface area contributed by atoms with Gasteiger partial charge < -0.3 is 30.7 Å². The quantitative estimate of drug-likeness (QED) is 0.392. The summed E-state index contributed by atoms with van der Waals surface area (Å²) in [5.41, 5.74) is 0.352. The predicted molar refractivity (Wildman–Crippen MR) is 126 cm³/mol. The number of rotatable bonds is 8. The molecule has 0 spiro atoms. The third-order valence-corrected chi connectivity index (χ3v) is 5.32. The van der Waals surface area contributed by atoms with Crippen LogP contribution in [-0.4, -0.2) is 75.2 Å². The first-order chi connectivity index (χ1) is 16.9. The molecule has 0 unspecified atom stereocenters. The SMILES string of the molecule is CCC[C@H]1NC(=O)[C@H](CCCCNC(=O)c2ccc(F)cc2)NC(=O)COCCOCCNC1=O. The third kappa shape index (κ3) is 10.8. The average molecular weight is 495 g/mol. The number of nitrogens with one attached hydrogen (secondary N) is 4. The van der Waals surface area contributed by atoms with Crippen molar-refractivity contribution in [1.29, 1.82) is 0 Å². The zero-order valence-electron chi connectivity index (χ0n) is 20.1. The van der Waals surface area contributed by atoms with E-state index in [-0.39, 0.29) is 31.6 Å². The molecule has 1 aliphatic heterocycles. The van der Waals surface area contributed by atoms with Crippen molar-refractivity contribution in [3.8, 4) is 0 Å². The predicted octanol–water partition coefficient (Wildman–Crippen LogP) is 0.659. The van der Waals surface area contributed by atoms with Gasteiger partial charge in [-0.25, -0.2) is 4.39 Å². The molecule has 1 aromatic carbocycles. The molecule has 1 aliphatic rings. The van der Waals surface area contributed by atoms with Crippen LogP contribution in [0, 0.1) is 5.82 Å².